The van der Waals surface area contributed by atoms with Gasteiger partial charge in [-0.2, -0.15) is 0 Å². The minimum atomic E-state index is -0.540. The van der Waals surface area contributed by atoms with E-state index in [-0.39, 0.29) is 23.4 Å². The van der Waals surface area contributed by atoms with Crippen LogP contribution < -0.4 is 0 Å². The number of piperidine rings is 1. The van der Waals surface area contributed by atoms with Gasteiger partial charge in [-0.25, -0.2) is 4.79 Å². The summed E-state index contributed by atoms with van der Waals surface area (Å²) in [6.45, 7) is 4.67. The fourth-order valence-electron chi connectivity index (χ4n) is 4.93. The lowest BCUT2D eigenvalue weighted by Gasteiger charge is -2.42. The van der Waals surface area contributed by atoms with E-state index in [0.29, 0.717) is 6.61 Å². The number of cyclic esters (lactones) is 1. The summed E-state index contributed by atoms with van der Waals surface area (Å²) in [5.74, 6) is 0. The fraction of sp³-hybridized carbons (Fsp3) is 0.731. The average Bonchev–Trinajstić information content (AvgIpc) is 3.16. The van der Waals surface area contributed by atoms with Gasteiger partial charge in [-0.3, -0.25) is 4.90 Å². The maximum absolute atomic E-state index is 12.3. The zero-order chi connectivity index (χ0) is 22.1. The first-order chi connectivity index (χ1) is 15.1. The maximum Gasteiger partial charge on any atom is 0.410 e. The third kappa shape index (κ3) is 7.15. The average molecular weight is 448 g/mol. The number of nitrogens with zero attached hydrogens (tertiary/aromatic N) is 1. The fourth-order valence-corrected chi connectivity index (χ4v) is 6.21. The normalized spacial score (nSPS) is 25.5. The van der Waals surface area contributed by atoms with E-state index in [1.54, 1.807) is 11.8 Å². The molecule has 2 aliphatic heterocycles. The number of benzene rings is 1. The van der Waals surface area contributed by atoms with Crippen molar-refractivity contribution in [3.05, 3.63) is 29.8 Å². The highest BCUT2D eigenvalue weighted by Gasteiger charge is 2.49. The third-order valence-corrected chi connectivity index (χ3v) is 8.14. The Morgan fingerprint density at radius 1 is 1.00 bits per heavy atom. The summed E-state index contributed by atoms with van der Waals surface area (Å²) in [5.41, 5.74) is 1.24. The van der Waals surface area contributed by atoms with Crippen molar-refractivity contribution in [3.8, 4) is 0 Å². The zero-order valence-corrected chi connectivity index (χ0v) is 20.2. The van der Waals surface area contributed by atoms with Crippen LogP contribution in [0, 0.1) is 6.92 Å². The number of thioether (sulfide) groups is 1. The SMILES string of the molecule is CCCCCCCCCCCC[C@H]1C[C@H](Sc2ccc(C)cc2)[C@@H](O)[C@H]2COC(=O)N12. The minimum Gasteiger partial charge on any atom is -0.447 e. The Kier molecular flexibility index (Phi) is 10.0. The molecule has 4 nitrogen and oxygen atoms in total. The van der Waals surface area contributed by atoms with Crippen molar-refractivity contribution in [1.29, 1.82) is 0 Å². The highest BCUT2D eigenvalue weighted by atomic mass is 32.2. The largest absolute Gasteiger partial charge is 0.447 e. The van der Waals surface area contributed by atoms with Crippen LogP contribution in [0.15, 0.2) is 29.2 Å². The van der Waals surface area contributed by atoms with Gasteiger partial charge in [-0.1, -0.05) is 88.8 Å². The van der Waals surface area contributed by atoms with E-state index in [0.717, 1.165) is 19.3 Å². The van der Waals surface area contributed by atoms with Crippen molar-refractivity contribution in [1.82, 2.24) is 4.90 Å². The number of amides is 1. The topological polar surface area (TPSA) is 49.8 Å². The van der Waals surface area contributed by atoms with E-state index in [1.807, 2.05) is 4.90 Å². The number of hydrogen-bond acceptors (Lipinski definition) is 4. The standard InChI is InChI=1S/C26H41NO3S/c1-3-4-5-6-7-8-9-10-11-12-13-21-18-24(31-22-16-14-20(2)15-17-22)25(28)23-19-30-26(29)27(21)23/h14-17,21,23-25,28H,3-13,18-19H2,1-2H3/t21-,23+,24-,25-/m0/s1. The molecule has 1 amide bonds. The van der Waals surface area contributed by atoms with Crippen molar-refractivity contribution in [3.63, 3.8) is 0 Å². The van der Waals surface area contributed by atoms with E-state index in [4.69, 9.17) is 4.74 Å². The Balaban J connectivity index is 1.44. The van der Waals surface area contributed by atoms with Gasteiger partial charge in [-0.15, -0.1) is 11.8 Å². The number of ether oxygens (including phenoxy) is 1. The molecule has 0 radical (unpaired) electrons. The van der Waals surface area contributed by atoms with Crippen LogP contribution in [0.3, 0.4) is 0 Å². The molecule has 4 atom stereocenters. The molecule has 5 heteroatoms. The Hall–Kier alpha value is -1.20. The van der Waals surface area contributed by atoms with Crippen LogP contribution in [-0.4, -0.2) is 46.1 Å². The lowest BCUT2D eigenvalue weighted by atomic mass is 9.90. The van der Waals surface area contributed by atoms with Crippen molar-refractivity contribution < 1.29 is 14.6 Å². The monoisotopic (exact) mass is 447 g/mol. The smallest absolute Gasteiger partial charge is 0.410 e. The van der Waals surface area contributed by atoms with Crippen LogP contribution in [0.1, 0.15) is 89.5 Å². The highest BCUT2D eigenvalue weighted by Crippen LogP contribution is 2.39. The molecule has 1 aromatic carbocycles. The number of unbranched alkanes of at least 4 members (excludes halogenated alkanes) is 9. The van der Waals surface area contributed by atoms with Crippen LogP contribution in [0.25, 0.3) is 0 Å². The summed E-state index contributed by atoms with van der Waals surface area (Å²) in [4.78, 5) is 15.4. The van der Waals surface area contributed by atoms with Gasteiger partial charge in [0, 0.05) is 16.2 Å². The van der Waals surface area contributed by atoms with Crippen LogP contribution in [0.5, 0.6) is 0 Å². The molecule has 174 valence electrons. The van der Waals surface area contributed by atoms with E-state index in [2.05, 4.69) is 38.1 Å². The van der Waals surface area contributed by atoms with Crippen LogP contribution in [0.4, 0.5) is 4.79 Å². The molecule has 0 saturated carbocycles. The molecule has 1 aromatic rings. The second kappa shape index (κ2) is 12.7. The van der Waals surface area contributed by atoms with Gasteiger partial charge in [0.25, 0.3) is 0 Å². The summed E-state index contributed by atoms with van der Waals surface area (Å²) in [6.07, 6.45) is 14.3. The van der Waals surface area contributed by atoms with Gasteiger partial charge in [-0.05, 0) is 31.9 Å². The summed E-state index contributed by atoms with van der Waals surface area (Å²) >= 11 is 1.75. The summed E-state index contributed by atoms with van der Waals surface area (Å²) in [6, 6.07) is 8.48. The van der Waals surface area contributed by atoms with E-state index in [1.165, 1.54) is 68.2 Å². The third-order valence-electron chi connectivity index (χ3n) is 6.82. The van der Waals surface area contributed by atoms with E-state index in [9.17, 15) is 9.90 Å². The van der Waals surface area contributed by atoms with Crippen LogP contribution >= 0.6 is 11.8 Å². The number of fused-ring (bicyclic) bond motifs is 1. The molecule has 2 heterocycles. The molecule has 0 aromatic heterocycles. The van der Waals surface area contributed by atoms with Gasteiger partial charge in [0.1, 0.15) is 6.61 Å². The lowest BCUT2D eigenvalue weighted by molar-refractivity contribution is 0.0253. The first-order valence-corrected chi connectivity index (χ1v) is 13.3. The van der Waals surface area contributed by atoms with Crippen LogP contribution in [0.2, 0.25) is 0 Å². The molecule has 0 aliphatic carbocycles. The van der Waals surface area contributed by atoms with Gasteiger partial charge < -0.3 is 9.84 Å². The van der Waals surface area contributed by atoms with Crippen molar-refractivity contribution in [2.75, 3.05) is 6.61 Å². The van der Waals surface area contributed by atoms with Gasteiger partial charge in [0.2, 0.25) is 0 Å². The Bertz CT molecular complexity index is 665. The number of hydrogen-bond donors (Lipinski definition) is 1. The Labute approximate surface area is 193 Å². The van der Waals surface area contributed by atoms with Gasteiger partial charge in [0.15, 0.2) is 0 Å². The van der Waals surface area contributed by atoms with Gasteiger partial charge in [0.05, 0.1) is 12.1 Å². The second-order valence-electron chi connectivity index (χ2n) is 9.37. The molecular weight excluding hydrogens is 406 g/mol. The zero-order valence-electron chi connectivity index (χ0n) is 19.4. The van der Waals surface area contributed by atoms with E-state index >= 15 is 0 Å². The maximum atomic E-state index is 12.3. The second-order valence-corrected chi connectivity index (χ2v) is 10.7. The highest BCUT2D eigenvalue weighted by molar-refractivity contribution is 8.00. The predicted octanol–water partition coefficient (Wildman–Crippen LogP) is 6.72. The Morgan fingerprint density at radius 2 is 1.61 bits per heavy atom. The molecule has 3 rings (SSSR count). The summed E-state index contributed by atoms with van der Waals surface area (Å²) < 4.78 is 5.33. The van der Waals surface area contributed by atoms with E-state index < -0.39 is 6.10 Å². The minimum absolute atomic E-state index is 0.103. The molecule has 2 aliphatic rings. The lowest BCUT2D eigenvalue weighted by Crippen LogP contribution is -2.57. The molecule has 31 heavy (non-hydrogen) atoms. The number of aliphatic hydroxyl groups excluding tert-OH is 1. The molecule has 2 fully saturated rings. The predicted molar refractivity (Wildman–Crippen MR) is 129 cm³/mol. The molecule has 1 N–H and O–H groups in total. The first-order valence-electron chi connectivity index (χ1n) is 12.5. The first kappa shape index (κ1) is 24.4. The van der Waals surface area contributed by atoms with Gasteiger partial charge >= 0.3 is 6.09 Å². The number of aryl methyl sites for hydroxylation is 1. The molecule has 0 bridgehead atoms. The Morgan fingerprint density at radius 3 is 2.26 bits per heavy atom. The molecule has 2 saturated heterocycles. The quantitative estimate of drug-likeness (QED) is 0.341. The molecule has 0 unspecified atom stereocenters. The molecule has 0 spiro atoms. The van der Waals surface area contributed by atoms with Crippen LogP contribution in [-0.2, 0) is 4.74 Å². The number of carbonyl (C=O) groups is 1. The van der Waals surface area contributed by atoms with Crippen molar-refractivity contribution >= 4 is 17.9 Å². The summed E-state index contributed by atoms with van der Waals surface area (Å²) in [5, 5.41) is 11.0. The number of aliphatic hydroxyl groups is 1. The van der Waals surface area contributed by atoms with Crippen molar-refractivity contribution in [2.24, 2.45) is 0 Å². The number of rotatable bonds is 13. The summed E-state index contributed by atoms with van der Waals surface area (Å²) in [7, 11) is 0. The van der Waals surface area contributed by atoms with Crippen molar-refractivity contribution in [2.45, 2.75) is 119 Å². The number of carbonyl (C=O) groups excluding carboxylic acids is 1. The molecular formula is C26H41NO3S.